The first kappa shape index (κ1) is 21.5. The zero-order valence-corrected chi connectivity index (χ0v) is 18.8. The van der Waals surface area contributed by atoms with E-state index in [2.05, 4.69) is 50.4 Å². The zero-order chi connectivity index (χ0) is 22.9. The van der Waals surface area contributed by atoms with Crippen molar-refractivity contribution in [1.29, 1.82) is 0 Å². The zero-order valence-electron chi connectivity index (χ0n) is 18.8. The lowest BCUT2D eigenvalue weighted by Crippen LogP contribution is -2.19. The Kier molecular flexibility index (Phi) is 5.66. The van der Waals surface area contributed by atoms with Gasteiger partial charge < -0.3 is 9.88 Å². The van der Waals surface area contributed by atoms with Gasteiger partial charge in [-0.3, -0.25) is 9.59 Å². The number of anilines is 1. The number of hydrogen-bond donors (Lipinski definition) is 1. The topological polar surface area (TPSA) is 64.0 Å². The van der Waals surface area contributed by atoms with Gasteiger partial charge >= 0.3 is 0 Å². The molecule has 32 heavy (non-hydrogen) atoms. The Labute approximate surface area is 188 Å². The highest BCUT2D eigenvalue weighted by Crippen LogP contribution is 2.28. The van der Waals surface area contributed by atoms with Crippen molar-refractivity contribution in [3.63, 3.8) is 0 Å². The molecule has 0 saturated carbocycles. The predicted molar refractivity (Wildman–Crippen MR) is 129 cm³/mol. The number of nitrogens with zero attached hydrogens (tertiary/aromatic N) is 2. The highest BCUT2D eigenvalue weighted by Gasteiger charge is 2.17. The quantitative estimate of drug-likeness (QED) is 0.408. The molecule has 1 amide bonds. The summed E-state index contributed by atoms with van der Waals surface area (Å²) in [6.45, 7) is 8.17. The summed E-state index contributed by atoms with van der Waals surface area (Å²) < 4.78 is 1.94. The Morgan fingerprint density at radius 2 is 1.66 bits per heavy atom. The third kappa shape index (κ3) is 4.47. The van der Waals surface area contributed by atoms with E-state index >= 15 is 0 Å². The minimum Gasteiger partial charge on any atom is -0.325 e. The van der Waals surface area contributed by atoms with Crippen LogP contribution >= 0.6 is 0 Å². The minimum atomic E-state index is -0.179. The Morgan fingerprint density at radius 3 is 2.34 bits per heavy atom. The van der Waals surface area contributed by atoms with Crippen molar-refractivity contribution in [2.24, 2.45) is 0 Å². The number of fused-ring (bicyclic) bond motifs is 1. The second kappa shape index (κ2) is 8.42. The van der Waals surface area contributed by atoms with Gasteiger partial charge in [0.2, 0.25) is 5.91 Å². The Bertz CT molecular complexity index is 1290. The van der Waals surface area contributed by atoms with Crippen molar-refractivity contribution in [1.82, 2.24) is 9.55 Å². The van der Waals surface area contributed by atoms with Crippen LogP contribution in [0.3, 0.4) is 0 Å². The van der Waals surface area contributed by atoms with Gasteiger partial charge in [0.15, 0.2) is 5.78 Å². The first-order valence-electron chi connectivity index (χ1n) is 10.7. The molecule has 1 N–H and O–H groups in total. The summed E-state index contributed by atoms with van der Waals surface area (Å²) in [6, 6.07) is 23.1. The van der Waals surface area contributed by atoms with E-state index in [-0.39, 0.29) is 23.7 Å². The summed E-state index contributed by atoms with van der Waals surface area (Å²) in [5.41, 5.74) is 5.17. The number of para-hydroxylation sites is 2. The second-order valence-electron chi connectivity index (χ2n) is 9.02. The smallest absolute Gasteiger partial charge is 0.244 e. The number of ketones is 1. The fourth-order valence-corrected chi connectivity index (χ4v) is 3.74. The molecule has 1 aromatic heterocycles. The maximum Gasteiger partial charge on any atom is 0.244 e. The fraction of sp³-hybridized carbons (Fsp3) is 0.222. The standard InChI is InChI=1S/C27H27N3O2/c1-18(31)20-8-7-9-22(16-20)28-25(32)17-30-24-11-6-5-10-23(24)29-26(30)19-12-14-21(15-13-19)27(2,3)4/h5-16H,17H2,1-4H3,(H,28,32). The number of nitrogens with one attached hydrogen (secondary N) is 1. The summed E-state index contributed by atoms with van der Waals surface area (Å²) in [5.74, 6) is 0.531. The molecule has 4 aromatic rings. The Hall–Kier alpha value is -3.73. The molecule has 1 heterocycles. The maximum atomic E-state index is 12.9. The molecule has 0 fully saturated rings. The van der Waals surface area contributed by atoms with Gasteiger partial charge in [-0.2, -0.15) is 0 Å². The van der Waals surface area contributed by atoms with Crippen LogP contribution in [-0.4, -0.2) is 21.2 Å². The van der Waals surface area contributed by atoms with Crippen molar-refractivity contribution in [2.45, 2.75) is 39.7 Å². The van der Waals surface area contributed by atoms with Crippen LogP contribution < -0.4 is 5.32 Å². The number of hydrogen-bond acceptors (Lipinski definition) is 3. The van der Waals surface area contributed by atoms with Crippen molar-refractivity contribution < 1.29 is 9.59 Å². The predicted octanol–water partition coefficient (Wildman–Crippen LogP) is 5.84. The van der Waals surface area contributed by atoms with Gasteiger partial charge in [-0.05, 0) is 42.2 Å². The van der Waals surface area contributed by atoms with E-state index in [9.17, 15) is 9.59 Å². The summed E-state index contributed by atoms with van der Waals surface area (Å²) in [6.07, 6.45) is 0. The van der Waals surface area contributed by atoms with Crippen LogP contribution in [-0.2, 0) is 16.8 Å². The first-order chi connectivity index (χ1) is 15.2. The molecule has 0 bridgehead atoms. The van der Waals surface area contributed by atoms with E-state index in [1.807, 2.05) is 28.8 Å². The number of imidazole rings is 1. The average Bonchev–Trinajstić information content (AvgIpc) is 3.11. The summed E-state index contributed by atoms with van der Waals surface area (Å²) >= 11 is 0. The van der Waals surface area contributed by atoms with E-state index < -0.39 is 0 Å². The molecule has 0 saturated heterocycles. The molecule has 0 unspecified atom stereocenters. The van der Waals surface area contributed by atoms with E-state index in [0.29, 0.717) is 11.3 Å². The first-order valence-corrected chi connectivity index (χ1v) is 10.7. The molecular weight excluding hydrogens is 398 g/mol. The third-order valence-corrected chi connectivity index (χ3v) is 5.52. The molecule has 4 rings (SSSR count). The largest absolute Gasteiger partial charge is 0.325 e. The molecule has 0 aliphatic rings. The molecule has 0 aliphatic carbocycles. The van der Waals surface area contributed by atoms with Crippen molar-refractivity contribution >= 4 is 28.4 Å². The number of Topliss-reactive ketones (excluding diaryl/α,β-unsaturated/α-hetero) is 1. The van der Waals surface area contributed by atoms with Crippen LogP contribution in [0.25, 0.3) is 22.4 Å². The highest BCUT2D eigenvalue weighted by molar-refractivity contribution is 5.97. The third-order valence-electron chi connectivity index (χ3n) is 5.52. The lowest BCUT2D eigenvalue weighted by molar-refractivity contribution is -0.116. The molecule has 0 atom stereocenters. The van der Waals surface area contributed by atoms with Crippen LogP contribution in [0.15, 0.2) is 72.8 Å². The number of aromatic nitrogens is 2. The van der Waals surface area contributed by atoms with Crippen LogP contribution in [0.4, 0.5) is 5.69 Å². The molecule has 5 heteroatoms. The molecule has 162 valence electrons. The molecular formula is C27H27N3O2. The number of carbonyl (C=O) groups is 2. The molecule has 5 nitrogen and oxygen atoms in total. The van der Waals surface area contributed by atoms with Crippen molar-refractivity contribution in [2.75, 3.05) is 5.32 Å². The fourth-order valence-electron chi connectivity index (χ4n) is 3.74. The normalized spacial score (nSPS) is 11.5. The van der Waals surface area contributed by atoms with Gasteiger partial charge in [-0.1, -0.05) is 69.3 Å². The average molecular weight is 426 g/mol. The second-order valence-corrected chi connectivity index (χ2v) is 9.02. The molecule has 0 aliphatic heterocycles. The van der Waals surface area contributed by atoms with Gasteiger partial charge in [-0.15, -0.1) is 0 Å². The SMILES string of the molecule is CC(=O)c1cccc(NC(=O)Cn2c(-c3ccc(C(C)(C)C)cc3)nc3ccccc32)c1. The molecule has 0 radical (unpaired) electrons. The monoisotopic (exact) mass is 425 g/mol. The van der Waals surface area contributed by atoms with Gasteiger partial charge in [0.25, 0.3) is 0 Å². The summed E-state index contributed by atoms with van der Waals surface area (Å²) in [5, 5.41) is 2.91. The molecule has 3 aromatic carbocycles. The number of carbonyl (C=O) groups excluding carboxylic acids is 2. The number of amides is 1. The van der Waals surface area contributed by atoms with Crippen LogP contribution in [0, 0.1) is 0 Å². The van der Waals surface area contributed by atoms with Gasteiger partial charge in [0.1, 0.15) is 12.4 Å². The molecule has 0 spiro atoms. The van der Waals surface area contributed by atoms with Crippen LogP contribution in [0.2, 0.25) is 0 Å². The van der Waals surface area contributed by atoms with Gasteiger partial charge in [0.05, 0.1) is 11.0 Å². The van der Waals surface area contributed by atoms with E-state index in [1.54, 1.807) is 24.3 Å². The van der Waals surface area contributed by atoms with E-state index in [1.165, 1.54) is 12.5 Å². The van der Waals surface area contributed by atoms with Crippen LogP contribution in [0.5, 0.6) is 0 Å². The lowest BCUT2D eigenvalue weighted by atomic mass is 9.87. The number of benzene rings is 3. The lowest BCUT2D eigenvalue weighted by Gasteiger charge is -2.19. The van der Waals surface area contributed by atoms with Crippen molar-refractivity contribution in [3.05, 3.63) is 83.9 Å². The van der Waals surface area contributed by atoms with Gasteiger partial charge in [0, 0.05) is 16.8 Å². The van der Waals surface area contributed by atoms with E-state index in [0.717, 1.165) is 22.4 Å². The van der Waals surface area contributed by atoms with Crippen molar-refractivity contribution in [3.8, 4) is 11.4 Å². The number of rotatable bonds is 5. The van der Waals surface area contributed by atoms with E-state index in [4.69, 9.17) is 4.98 Å². The maximum absolute atomic E-state index is 12.9. The highest BCUT2D eigenvalue weighted by atomic mass is 16.2. The Morgan fingerprint density at radius 1 is 0.938 bits per heavy atom. The summed E-state index contributed by atoms with van der Waals surface area (Å²) in [7, 11) is 0. The van der Waals surface area contributed by atoms with Gasteiger partial charge in [-0.25, -0.2) is 4.98 Å². The summed E-state index contributed by atoms with van der Waals surface area (Å²) in [4.78, 5) is 29.4. The Balaban J connectivity index is 1.67. The minimum absolute atomic E-state index is 0.0392. The van der Waals surface area contributed by atoms with Crippen LogP contribution in [0.1, 0.15) is 43.6 Å².